The number of rotatable bonds is 2. The lowest BCUT2D eigenvalue weighted by Gasteiger charge is -2.21. The van der Waals surface area contributed by atoms with E-state index in [0.29, 0.717) is 0 Å². The average Bonchev–Trinajstić information content (AvgIpc) is 2.64. The first-order valence-electron chi connectivity index (χ1n) is 4.54. The molecule has 0 bridgehead atoms. The summed E-state index contributed by atoms with van der Waals surface area (Å²) in [7, 11) is 0. The van der Waals surface area contributed by atoms with E-state index in [9.17, 15) is 5.11 Å². The molecule has 0 saturated heterocycles. The fourth-order valence-electron chi connectivity index (χ4n) is 1.42. The van der Waals surface area contributed by atoms with Crippen molar-refractivity contribution in [3.63, 3.8) is 0 Å². The third-order valence-corrected chi connectivity index (χ3v) is 2.47. The summed E-state index contributed by atoms with van der Waals surface area (Å²) in [6.07, 6.45) is 1.63. The van der Waals surface area contributed by atoms with Crippen LogP contribution in [0.1, 0.15) is 12.5 Å². The fraction of sp³-hybridized carbons (Fsp3) is 0.273. The Morgan fingerprint density at radius 1 is 1.43 bits per heavy atom. The van der Waals surface area contributed by atoms with Gasteiger partial charge in [0.2, 0.25) is 0 Å². The van der Waals surface area contributed by atoms with Gasteiger partial charge in [-0.15, -0.1) is 0 Å². The topological polar surface area (TPSA) is 59.4 Å². The first-order chi connectivity index (χ1) is 6.63. The Labute approximate surface area is 82.1 Å². The first-order valence-corrected chi connectivity index (χ1v) is 4.54. The van der Waals surface area contributed by atoms with Crippen LogP contribution in [0, 0.1) is 0 Å². The van der Waals surface area contributed by atoms with Gasteiger partial charge in [0.25, 0.3) is 0 Å². The number of hydrogen-bond acceptors (Lipinski definition) is 3. The highest BCUT2D eigenvalue weighted by atomic mass is 16.3. The maximum atomic E-state index is 9.94. The summed E-state index contributed by atoms with van der Waals surface area (Å²) < 4.78 is 5.21. The molecule has 2 aromatic rings. The summed E-state index contributed by atoms with van der Waals surface area (Å²) in [5.41, 5.74) is 6.15. The van der Waals surface area contributed by atoms with E-state index >= 15 is 0 Å². The molecule has 1 aromatic carbocycles. The molecule has 3 nitrogen and oxygen atoms in total. The van der Waals surface area contributed by atoms with Crippen LogP contribution in [0.2, 0.25) is 0 Å². The molecule has 3 heteroatoms. The number of hydrogen-bond donors (Lipinski definition) is 2. The second-order valence-electron chi connectivity index (χ2n) is 3.65. The summed E-state index contributed by atoms with van der Waals surface area (Å²) in [5.74, 6) is 0. The van der Waals surface area contributed by atoms with Crippen LogP contribution >= 0.6 is 0 Å². The lowest BCUT2D eigenvalue weighted by Crippen LogP contribution is -2.31. The van der Waals surface area contributed by atoms with Gasteiger partial charge in [0, 0.05) is 11.9 Å². The van der Waals surface area contributed by atoms with Gasteiger partial charge in [-0.1, -0.05) is 6.07 Å². The summed E-state index contributed by atoms with van der Waals surface area (Å²) in [4.78, 5) is 0. The Morgan fingerprint density at radius 3 is 2.93 bits per heavy atom. The number of benzene rings is 1. The average molecular weight is 191 g/mol. The van der Waals surface area contributed by atoms with E-state index in [1.54, 1.807) is 13.2 Å². The van der Waals surface area contributed by atoms with Crippen LogP contribution in [0.3, 0.4) is 0 Å². The van der Waals surface area contributed by atoms with Gasteiger partial charge in [-0.05, 0) is 30.7 Å². The number of aliphatic hydroxyl groups is 1. The lowest BCUT2D eigenvalue weighted by atomic mass is 9.95. The molecule has 1 aromatic heterocycles. The molecular formula is C11H13NO2. The molecule has 3 N–H and O–H groups in total. The van der Waals surface area contributed by atoms with Crippen molar-refractivity contribution in [1.29, 1.82) is 0 Å². The van der Waals surface area contributed by atoms with E-state index in [0.717, 1.165) is 16.5 Å². The van der Waals surface area contributed by atoms with E-state index in [-0.39, 0.29) is 6.54 Å². The van der Waals surface area contributed by atoms with Gasteiger partial charge in [-0.2, -0.15) is 0 Å². The van der Waals surface area contributed by atoms with Crippen molar-refractivity contribution >= 4 is 11.0 Å². The van der Waals surface area contributed by atoms with E-state index in [1.807, 2.05) is 24.3 Å². The summed E-state index contributed by atoms with van der Waals surface area (Å²) in [6, 6.07) is 7.44. The quantitative estimate of drug-likeness (QED) is 0.758. The highest BCUT2D eigenvalue weighted by molar-refractivity contribution is 5.77. The standard InChI is InChI=1S/C11H13NO2/c1-11(13,7-12)9-2-3-10-8(6-9)4-5-14-10/h2-6,13H,7,12H2,1H3. The van der Waals surface area contributed by atoms with Crippen LogP contribution in [0.5, 0.6) is 0 Å². The molecule has 0 radical (unpaired) electrons. The molecule has 0 spiro atoms. The van der Waals surface area contributed by atoms with Crippen molar-refractivity contribution in [2.24, 2.45) is 5.73 Å². The molecule has 14 heavy (non-hydrogen) atoms. The fourth-order valence-corrected chi connectivity index (χ4v) is 1.42. The molecular weight excluding hydrogens is 178 g/mol. The largest absolute Gasteiger partial charge is 0.464 e. The minimum atomic E-state index is -0.967. The van der Waals surface area contributed by atoms with E-state index < -0.39 is 5.60 Å². The van der Waals surface area contributed by atoms with Gasteiger partial charge in [0.15, 0.2) is 0 Å². The SMILES string of the molecule is CC(O)(CN)c1ccc2occc2c1. The van der Waals surface area contributed by atoms with Crippen molar-refractivity contribution in [2.45, 2.75) is 12.5 Å². The van der Waals surface area contributed by atoms with Crippen LogP contribution in [0.15, 0.2) is 34.9 Å². The number of furan rings is 1. The Morgan fingerprint density at radius 2 is 2.21 bits per heavy atom. The molecule has 2 rings (SSSR count). The Kier molecular flexibility index (Phi) is 2.06. The van der Waals surface area contributed by atoms with Crippen molar-refractivity contribution in [3.8, 4) is 0 Å². The van der Waals surface area contributed by atoms with Crippen LogP contribution < -0.4 is 5.73 Å². The van der Waals surface area contributed by atoms with Crippen molar-refractivity contribution in [1.82, 2.24) is 0 Å². The highest BCUT2D eigenvalue weighted by Crippen LogP contribution is 2.24. The third-order valence-electron chi connectivity index (χ3n) is 2.47. The summed E-state index contributed by atoms with van der Waals surface area (Å²) >= 11 is 0. The number of fused-ring (bicyclic) bond motifs is 1. The van der Waals surface area contributed by atoms with E-state index in [2.05, 4.69) is 0 Å². The molecule has 0 saturated carbocycles. The molecule has 1 atom stereocenters. The molecule has 0 aliphatic heterocycles. The smallest absolute Gasteiger partial charge is 0.133 e. The van der Waals surface area contributed by atoms with Gasteiger partial charge in [0.05, 0.1) is 11.9 Å². The first kappa shape index (κ1) is 9.24. The minimum absolute atomic E-state index is 0.205. The molecule has 74 valence electrons. The maximum absolute atomic E-state index is 9.94. The summed E-state index contributed by atoms with van der Waals surface area (Å²) in [5, 5.41) is 10.9. The molecule has 1 heterocycles. The van der Waals surface area contributed by atoms with Gasteiger partial charge in [0.1, 0.15) is 5.58 Å². The van der Waals surface area contributed by atoms with Crippen LogP contribution in [0.4, 0.5) is 0 Å². The molecule has 0 aliphatic carbocycles. The van der Waals surface area contributed by atoms with Crippen LogP contribution in [-0.2, 0) is 5.60 Å². The Hall–Kier alpha value is -1.32. The van der Waals surface area contributed by atoms with Crippen LogP contribution in [-0.4, -0.2) is 11.7 Å². The molecule has 0 aliphatic rings. The Bertz CT molecular complexity index is 445. The van der Waals surface area contributed by atoms with Crippen molar-refractivity contribution < 1.29 is 9.52 Å². The van der Waals surface area contributed by atoms with Crippen LogP contribution in [0.25, 0.3) is 11.0 Å². The normalized spacial score (nSPS) is 15.6. The number of nitrogens with two attached hydrogens (primary N) is 1. The Balaban J connectivity index is 2.53. The second-order valence-corrected chi connectivity index (χ2v) is 3.65. The molecule has 1 unspecified atom stereocenters. The van der Waals surface area contributed by atoms with Gasteiger partial charge in [-0.3, -0.25) is 0 Å². The monoisotopic (exact) mass is 191 g/mol. The van der Waals surface area contributed by atoms with E-state index in [4.69, 9.17) is 10.2 Å². The zero-order valence-corrected chi connectivity index (χ0v) is 8.03. The zero-order valence-electron chi connectivity index (χ0n) is 8.03. The van der Waals surface area contributed by atoms with Crippen molar-refractivity contribution in [3.05, 3.63) is 36.1 Å². The zero-order chi connectivity index (χ0) is 10.2. The highest BCUT2D eigenvalue weighted by Gasteiger charge is 2.21. The minimum Gasteiger partial charge on any atom is -0.464 e. The predicted molar refractivity (Wildman–Crippen MR) is 54.8 cm³/mol. The van der Waals surface area contributed by atoms with E-state index in [1.165, 1.54) is 0 Å². The predicted octanol–water partition coefficient (Wildman–Crippen LogP) is 1.60. The molecule has 0 amide bonds. The third kappa shape index (κ3) is 1.41. The molecule has 0 fully saturated rings. The van der Waals surface area contributed by atoms with Crippen molar-refractivity contribution in [2.75, 3.05) is 6.54 Å². The maximum Gasteiger partial charge on any atom is 0.133 e. The summed E-state index contributed by atoms with van der Waals surface area (Å²) in [6.45, 7) is 1.91. The van der Waals surface area contributed by atoms with Gasteiger partial charge in [-0.25, -0.2) is 0 Å². The second kappa shape index (κ2) is 3.12. The lowest BCUT2D eigenvalue weighted by molar-refractivity contribution is 0.0670. The van der Waals surface area contributed by atoms with Gasteiger partial charge < -0.3 is 15.3 Å². The van der Waals surface area contributed by atoms with Gasteiger partial charge >= 0.3 is 0 Å².